The van der Waals surface area contributed by atoms with E-state index in [1.807, 2.05) is 6.07 Å². The standard InChI is InChI=1S/C16H21N3O3/c17-13-7-14(20)12(13)6-15(21)19-5-4-10-9(8-19)2-1-3-11(10)16(18)22/h1-3,12-14,20H,4-8,17H2,(H2,18,22)/t12-,13+,14-/m0/s1. The minimum Gasteiger partial charge on any atom is -0.393 e. The second-order valence-electron chi connectivity index (χ2n) is 6.21. The Bertz CT molecular complexity index is 609. The zero-order valence-corrected chi connectivity index (χ0v) is 12.4. The van der Waals surface area contributed by atoms with Crippen molar-refractivity contribution in [1.29, 1.82) is 0 Å². The zero-order valence-electron chi connectivity index (χ0n) is 12.4. The molecule has 1 aliphatic heterocycles. The Morgan fingerprint density at radius 2 is 2.14 bits per heavy atom. The maximum Gasteiger partial charge on any atom is 0.248 e. The Morgan fingerprint density at radius 3 is 2.77 bits per heavy atom. The predicted molar refractivity (Wildman–Crippen MR) is 80.8 cm³/mol. The molecule has 5 N–H and O–H groups in total. The van der Waals surface area contributed by atoms with Gasteiger partial charge in [-0.15, -0.1) is 0 Å². The Balaban J connectivity index is 1.70. The van der Waals surface area contributed by atoms with Crippen LogP contribution in [0.3, 0.4) is 0 Å². The van der Waals surface area contributed by atoms with E-state index in [2.05, 4.69) is 0 Å². The van der Waals surface area contributed by atoms with Crippen LogP contribution in [0.2, 0.25) is 0 Å². The molecule has 3 rings (SSSR count). The highest BCUT2D eigenvalue weighted by Gasteiger charge is 2.39. The molecule has 0 bridgehead atoms. The van der Waals surface area contributed by atoms with Gasteiger partial charge in [-0.3, -0.25) is 9.59 Å². The Hall–Kier alpha value is -1.92. The number of carbonyl (C=O) groups is 2. The van der Waals surface area contributed by atoms with Crippen molar-refractivity contribution in [1.82, 2.24) is 4.90 Å². The summed E-state index contributed by atoms with van der Waals surface area (Å²) in [4.78, 5) is 25.6. The van der Waals surface area contributed by atoms with E-state index in [4.69, 9.17) is 11.5 Å². The summed E-state index contributed by atoms with van der Waals surface area (Å²) in [5, 5.41) is 9.68. The van der Waals surface area contributed by atoms with Crippen molar-refractivity contribution in [2.24, 2.45) is 17.4 Å². The van der Waals surface area contributed by atoms with Crippen LogP contribution in [0.25, 0.3) is 0 Å². The van der Waals surface area contributed by atoms with Gasteiger partial charge in [0.2, 0.25) is 11.8 Å². The van der Waals surface area contributed by atoms with Gasteiger partial charge in [-0.1, -0.05) is 12.1 Å². The van der Waals surface area contributed by atoms with E-state index in [0.717, 1.165) is 11.1 Å². The number of rotatable bonds is 3. The molecule has 0 saturated heterocycles. The van der Waals surface area contributed by atoms with Crippen molar-refractivity contribution in [3.8, 4) is 0 Å². The Kier molecular flexibility index (Phi) is 3.88. The third kappa shape index (κ3) is 2.60. The predicted octanol–water partition coefficient (Wildman–Crippen LogP) is -0.232. The molecule has 0 unspecified atom stereocenters. The quantitative estimate of drug-likeness (QED) is 0.716. The van der Waals surface area contributed by atoms with Crippen LogP contribution in [0.1, 0.15) is 34.3 Å². The minimum atomic E-state index is -0.461. The van der Waals surface area contributed by atoms with Gasteiger partial charge in [-0.25, -0.2) is 0 Å². The van der Waals surface area contributed by atoms with Gasteiger partial charge in [0.25, 0.3) is 0 Å². The van der Waals surface area contributed by atoms with Crippen LogP contribution in [0.5, 0.6) is 0 Å². The zero-order chi connectivity index (χ0) is 15.9. The average Bonchev–Trinajstić information content (AvgIpc) is 2.51. The summed E-state index contributed by atoms with van der Waals surface area (Å²) in [6.45, 7) is 1.04. The molecule has 6 heteroatoms. The summed E-state index contributed by atoms with van der Waals surface area (Å²) in [7, 11) is 0. The van der Waals surface area contributed by atoms with Crippen molar-refractivity contribution >= 4 is 11.8 Å². The number of hydrogen-bond donors (Lipinski definition) is 3. The van der Waals surface area contributed by atoms with Crippen LogP contribution < -0.4 is 11.5 Å². The molecule has 1 fully saturated rings. The first kappa shape index (κ1) is 15.0. The number of hydrogen-bond acceptors (Lipinski definition) is 4. The van der Waals surface area contributed by atoms with Crippen LogP contribution in [-0.2, 0) is 17.8 Å². The first-order chi connectivity index (χ1) is 10.5. The summed E-state index contributed by atoms with van der Waals surface area (Å²) < 4.78 is 0. The van der Waals surface area contributed by atoms with Gasteiger partial charge in [0.1, 0.15) is 0 Å². The monoisotopic (exact) mass is 303 g/mol. The van der Waals surface area contributed by atoms with Crippen LogP contribution in [-0.4, -0.2) is 40.5 Å². The van der Waals surface area contributed by atoms with Crippen molar-refractivity contribution in [3.05, 3.63) is 34.9 Å². The third-order valence-corrected chi connectivity index (χ3v) is 4.85. The second kappa shape index (κ2) is 5.70. The molecule has 6 nitrogen and oxygen atoms in total. The highest BCUT2D eigenvalue weighted by Crippen LogP contribution is 2.31. The van der Waals surface area contributed by atoms with Gasteiger partial charge >= 0.3 is 0 Å². The SMILES string of the molecule is NC(=O)c1cccc2c1CCN(C(=O)C[C@H]1[C@H](N)C[C@@H]1O)C2. The first-order valence-electron chi connectivity index (χ1n) is 7.59. The first-order valence-corrected chi connectivity index (χ1v) is 7.59. The van der Waals surface area contributed by atoms with Gasteiger partial charge < -0.3 is 21.5 Å². The lowest BCUT2D eigenvalue weighted by Gasteiger charge is -2.40. The van der Waals surface area contributed by atoms with E-state index in [0.29, 0.717) is 31.5 Å². The van der Waals surface area contributed by atoms with Crippen molar-refractivity contribution in [2.45, 2.75) is 38.0 Å². The molecule has 0 spiro atoms. The largest absolute Gasteiger partial charge is 0.393 e. The fourth-order valence-corrected chi connectivity index (χ4v) is 3.39. The smallest absolute Gasteiger partial charge is 0.248 e. The maximum atomic E-state index is 12.4. The number of aliphatic hydroxyl groups is 1. The summed E-state index contributed by atoms with van der Waals surface area (Å²) in [6.07, 6.45) is 1.02. The molecule has 1 aromatic carbocycles. The molecular weight excluding hydrogens is 282 g/mol. The van der Waals surface area contributed by atoms with E-state index >= 15 is 0 Å². The maximum absolute atomic E-state index is 12.4. The number of benzene rings is 1. The molecule has 0 radical (unpaired) electrons. The molecule has 2 amide bonds. The normalized spacial score (nSPS) is 27.0. The van der Waals surface area contributed by atoms with Crippen LogP contribution >= 0.6 is 0 Å². The van der Waals surface area contributed by atoms with E-state index in [1.165, 1.54) is 0 Å². The lowest BCUT2D eigenvalue weighted by molar-refractivity contribution is -0.136. The molecule has 2 aliphatic rings. The molecule has 1 heterocycles. The van der Waals surface area contributed by atoms with Gasteiger partial charge in [0.05, 0.1) is 6.10 Å². The average molecular weight is 303 g/mol. The third-order valence-electron chi connectivity index (χ3n) is 4.85. The number of aliphatic hydroxyl groups excluding tert-OH is 1. The van der Waals surface area contributed by atoms with Crippen molar-refractivity contribution in [3.63, 3.8) is 0 Å². The number of nitrogens with zero attached hydrogens (tertiary/aromatic N) is 1. The number of amides is 2. The second-order valence-corrected chi connectivity index (χ2v) is 6.21. The van der Waals surface area contributed by atoms with Gasteiger partial charge in [0.15, 0.2) is 0 Å². The Labute approximate surface area is 129 Å². The highest BCUT2D eigenvalue weighted by atomic mass is 16.3. The number of nitrogens with two attached hydrogens (primary N) is 2. The van der Waals surface area contributed by atoms with E-state index < -0.39 is 12.0 Å². The molecule has 3 atom stereocenters. The van der Waals surface area contributed by atoms with Gasteiger partial charge in [0, 0.05) is 37.0 Å². The lowest BCUT2D eigenvalue weighted by atomic mass is 9.75. The fourth-order valence-electron chi connectivity index (χ4n) is 3.39. The minimum absolute atomic E-state index is 0.00864. The summed E-state index contributed by atoms with van der Waals surface area (Å²) in [5.41, 5.74) is 13.7. The van der Waals surface area contributed by atoms with Gasteiger partial charge in [-0.05, 0) is 30.0 Å². The van der Waals surface area contributed by atoms with Crippen LogP contribution in [0.15, 0.2) is 18.2 Å². The molecule has 118 valence electrons. The fraction of sp³-hybridized carbons (Fsp3) is 0.500. The van der Waals surface area contributed by atoms with Gasteiger partial charge in [-0.2, -0.15) is 0 Å². The lowest BCUT2D eigenvalue weighted by Crippen LogP contribution is -2.53. The van der Waals surface area contributed by atoms with Crippen LogP contribution in [0, 0.1) is 5.92 Å². The molecule has 1 saturated carbocycles. The summed E-state index contributed by atoms with van der Waals surface area (Å²) in [6, 6.07) is 5.35. The molecular formula is C16H21N3O3. The van der Waals surface area contributed by atoms with Crippen molar-refractivity contribution < 1.29 is 14.7 Å². The van der Waals surface area contributed by atoms with Crippen LogP contribution in [0.4, 0.5) is 0 Å². The number of primary amides is 1. The van der Waals surface area contributed by atoms with E-state index in [9.17, 15) is 14.7 Å². The summed E-state index contributed by atoms with van der Waals surface area (Å²) in [5.74, 6) is -0.555. The topological polar surface area (TPSA) is 110 Å². The molecule has 1 aliphatic carbocycles. The van der Waals surface area contributed by atoms with E-state index in [-0.39, 0.29) is 24.3 Å². The molecule has 1 aromatic rings. The summed E-state index contributed by atoms with van der Waals surface area (Å²) >= 11 is 0. The number of fused-ring (bicyclic) bond motifs is 1. The number of carbonyl (C=O) groups excluding carboxylic acids is 2. The van der Waals surface area contributed by atoms with Crippen molar-refractivity contribution in [2.75, 3.05) is 6.54 Å². The Morgan fingerprint density at radius 1 is 1.36 bits per heavy atom. The molecule has 0 aromatic heterocycles. The highest BCUT2D eigenvalue weighted by molar-refractivity contribution is 5.94. The van der Waals surface area contributed by atoms with E-state index in [1.54, 1.807) is 17.0 Å². The molecule has 22 heavy (non-hydrogen) atoms.